The molecule has 2 heterocycles. The lowest BCUT2D eigenvalue weighted by Gasteiger charge is -2.35. The van der Waals surface area contributed by atoms with Crippen LogP contribution in [-0.2, 0) is 6.61 Å². The fourth-order valence-corrected chi connectivity index (χ4v) is 4.11. The number of hydrogen-bond acceptors (Lipinski definition) is 4. The Kier molecular flexibility index (Phi) is 4.74. The molecule has 0 unspecified atom stereocenters. The molecule has 5 heteroatoms. The van der Waals surface area contributed by atoms with Crippen LogP contribution < -0.4 is 10.5 Å². The van der Waals surface area contributed by atoms with Gasteiger partial charge in [0.15, 0.2) is 0 Å². The summed E-state index contributed by atoms with van der Waals surface area (Å²) in [6.45, 7) is 1.32. The number of benzene rings is 2. The summed E-state index contributed by atoms with van der Waals surface area (Å²) in [7, 11) is 0. The summed E-state index contributed by atoms with van der Waals surface area (Å²) in [5.41, 5.74) is 10.2. The second kappa shape index (κ2) is 7.68. The Morgan fingerprint density at radius 1 is 1.07 bits per heavy atom. The Morgan fingerprint density at radius 2 is 1.93 bits per heavy atom. The highest BCUT2D eigenvalue weighted by atomic mass is 16.5. The van der Waals surface area contributed by atoms with E-state index in [2.05, 4.69) is 45.0 Å². The van der Waals surface area contributed by atoms with E-state index in [4.69, 9.17) is 10.5 Å². The molecule has 2 aromatic carbocycles. The van der Waals surface area contributed by atoms with Gasteiger partial charge in [0.25, 0.3) is 0 Å². The van der Waals surface area contributed by atoms with Gasteiger partial charge in [0.1, 0.15) is 24.3 Å². The van der Waals surface area contributed by atoms with Crippen molar-refractivity contribution in [2.24, 2.45) is 11.7 Å². The van der Waals surface area contributed by atoms with E-state index in [1.165, 1.54) is 0 Å². The van der Waals surface area contributed by atoms with Crippen molar-refractivity contribution in [1.29, 1.82) is 0 Å². The zero-order chi connectivity index (χ0) is 19.6. The summed E-state index contributed by atoms with van der Waals surface area (Å²) in [5.74, 6) is 1.48. The van der Waals surface area contributed by atoms with Crippen LogP contribution in [0.2, 0.25) is 0 Å². The third kappa shape index (κ3) is 3.49. The Bertz CT molecular complexity index is 1120. The maximum Gasteiger partial charge on any atom is 0.144 e. The molecule has 29 heavy (non-hydrogen) atoms. The molecule has 146 valence electrons. The van der Waals surface area contributed by atoms with Crippen LogP contribution in [0.3, 0.4) is 0 Å². The molecular weight excluding hydrogens is 360 g/mol. The summed E-state index contributed by atoms with van der Waals surface area (Å²) in [5, 5.41) is 1.07. The van der Waals surface area contributed by atoms with Gasteiger partial charge < -0.3 is 15.0 Å². The Balaban J connectivity index is 1.45. The standard InChI is InChI=1S/C24H24N4O/c25-12-18-9-20(10-18)28-14-23(22-13-26-16-27-24(22)28)19-7-4-8-21(11-19)29-15-17-5-2-1-3-6-17/h1-8,11,13-14,16,18,20H,9-10,12,15,25H2. The largest absolute Gasteiger partial charge is 0.489 e. The molecule has 0 aliphatic heterocycles. The van der Waals surface area contributed by atoms with Crippen LogP contribution in [-0.4, -0.2) is 21.1 Å². The van der Waals surface area contributed by atoms with E-state index in [1.807, 2.05) is 36.5 Å². The number of fused-ring (bicyclic) bond motifs is 1. The van der Waals surface area contributed by atoms with Gasteiger partial charge in [-0.15, -0.1) is 0 Å². The maximum atomic E-state index is 6.03. The maximum absolute atomic E-state index is 6.03. The van der Waals surface area contributed by atoms with E-state index in [9.17, 15) is 0 Å². The fourth-order valence-electron chi connectivity index (χ4n) is 4.11. The molecule has 2 N–H and O–H groups in total. The minimum absolute atomic E-state index is 0.465. The van der Waals surface area contributed by atoms with Crippen LogP contribution in [0.15, 0.2) is 73.3 Å². The molecule has 0 saturated heterocycles. The Labute approximate surface area is 170 Å². The fraction of sp³-hybridized carbons (Fsp3) is 0.250. The predicted octanol–water partition coefficient (Wildman–Crippen LogP) is 4.59. The van der Waals surface area contributed by atoms with Crippen molar-refractivity contribution >= 4 is 11.0 Å². The molecule has 1 aliphatic carbocycles. The molecular formula is C24H24N4O. The summed E-state index contributed by atoms with van der Waals surface area (Å²) >= 11 is 0. The van der Waals surface area contributed by atoms with Crippen molar-refractivity contribution in [1.82, 2.24) is 14.5 Å². The third-order valence-electron chi connectivity index (χ3n) is 5.83. The first kappa shape index (κ1) is 17.9. The molecule has 5 nitrogen and oxygen atoms in total. The number of ether oxygens (including phenoxy) is 1. The molecule has 0 spiro atoms. The predicted molar refractivity (Wildman–Crippen MR) is 115 cm³/mol. The zero-order valence-corrected chi connectivity index (χ0v) is 16.2. The van der Waals surface area contributed by atoms with Gasteiger partial charge >= 0.3 is 0 Å². The highest BCUT2D eigenvalue weighted by molar-refractivity contribution is 5.93. The second-order valence-electron chi connectivity index (χ2n) is 7.74. The second-order valence-corrected chi connectivity index (χ2v) is 7.74. The molecule has 4 aromatic rings. The minimum Gasteiger partial charge on any atom is -0.489 e. The van der Waals surface area contributed by atoms with Crippen LogP contribution in [0.25, 0.3) is 22.2 Å². The van der Waals surface area contributed by atoms with Gasteiger partial charge in [-0.2, -0.15) is 0 Å². The first-order valence-electron chi connectivity index (χ1n) is 10.1. The van der Waals surface area contributed by atoms with Gasteiger partial charge in [0.05, 0.1) is 0 Å². The molecule has 1 aliphatic rings. The molecule has 1 fully saturated rings. The summed E-state index contributed by atoms with van der Waals surface area (Å²) in [6, 6.07) is 18.9. The number of nitrogens with zero attached hydrogens (tertiary/aromatic N) is 3. The lowest BCUT2D eigenvalue weighted by Crippen LogP contribution is -2.31. The van der Waals surface area contributed by atoms with E-state index in [0.717, 1.165) is 52.9 Å². The van der Waals surface area contributed by atoms with E-state index in [0.29, 0.717) is 18.6 Å². The van der Waals surface area contributed by atoms with Gasteiger partial charge in [0, 0.05) is 29.4 Å². The quantitative estimate of drug-likeness (QED) is 0.528. The van der Waals surface area contributed by atoms with Gasteiger partial charge in [0.2, 0.25) is 0 Å². The first-order valence-corrected chi connectivity index (χ1v) is 10.1. The van der Waals surface area contributed by atoms with E-state index >= 15 is 0 Å². The monoisotopic (exact) mass is 384 g/mol. The first-order chi connectivity index (χ1) is 14.3. The number of aromatic nitrogens is 3. The smallest absolute Gasteiger partial charge is 0.144 e. The van der Waals surface area contributed by atoms with E-state index < -0.39 is 0 Å². The van der Waals surface area contributed by atoms with Crippen LogP contribution in [0.5, 0.6) is 5.75 Å². The zero-order valence-electron chi connectivity index (χ0n) is 16.2. The van der Waals surface area contributed by atoms with Crippen molar-refractivity contribution in [2.45, 2.75) is 25.5 Å². The highest BCUT2D eigenvalue weighted by Crippen LogP contribution is 2.41. The van der Waals surface area contributed by atoms with Crippen LogP contribution in [0.1, 0.15) is 24.4 Å². The lowest BCUT2D eigenvalue weighted by atomic mass is 9.80. The number of rotatable bonds is 6. The van der Waals surface area contributed by atoms with Gasteiger partial charge in [-0.3, -0.25) is 0 Å². The van der Waals surface area contributed by atoms with Gasteiger partial charge in [-0.25, -0.2) is 9.97 Å². The average molecular weight is 384 g/mol. The van der Waals surface area contributed by atoms with Crippen molar-refractivity contribution in [3.05, 3.63) is 78.9 Å². The molecule has 0 bridgehead atoms. The molecule has 1 saturated carbocycles. The van der Waals surface area contributed by atoms with E-state index in [-0.39, 0.29) is 0 Å². The topological polar surface area (TPSA) is 66.0 Å². The van der Waals surface area contributed by atoms with Gasteiger partial charge in [-0.05, 0) is 48.6 Å². The Morgan fingerprint density at radius 3 is 2.76 bits per heavy atom. The van der Waals surface area contributed by atoms with Crippen molar-refractivity contribution in [2.75, 3.05) is 6.54 Å². The normalized spacial score (nSPS) is 18.5. The molecule has 0 radical (unpaired) electrons. The third-order valence-corrected chi connectivity index (χ3v) is 5.83. The number of nitrogens with two attached hydrogens (primary N) is 1. The number of hydrogen-bond donors (Lipinski definition) is 1. The summed E-state index contributed by atoms with van der Waals surface area (Å²) in [6.07, 6.45) is 7.98. The molecule has 5 rings (SSSR count). The average Bonchev–Trinajstić information content (AvgIpc) is 3.12. The van der Waals surface area contributed by atoms with Crippen molar-refractivity contribution in [3.8, 4) is 16.9 Å². The molecule has 0 amide bonds. The van der Waals surface area contributed by atoms with Gasteiger partial charge in [-0.1, -0.05) is 42.5 Å². The molecule has 0 atom stereocenters. The minimum atomic E-state index is 0.465. The van der Waals surface area contributed by atoms with Crippen LogP contribution >= 0.6 is 0 Å². The van der Waals surface area contributed by atoms with E-state index in [1.54, 1.807) is 6.33 Å². The summed E-state index contributed by atoms with van der Waals surface area (Å²) < 4.78 is 8.33. The van der Waals surface area contributed by atoms with Crippen molar-refractivity contribution in [3.63, 3.8) is 0 Å². The molecule has 2 aromatic heterocycles. The lowest BCUT2D eigenvalue weighted by molar-refractivity contribution is 0.209. The SMILES string of the molecule is NCC1CC(n2cc(-c3cccc(OCc4ccccc4)c3)c3cncnc32)C1. The van der Waals surface area contributed by atoms with Crippen LogP contribution in [0.4, 0.5) is 0 Å². The summed E-state index contributed by atoms with van der Waals surface area (Å²) in [4.78, 5) is 8.84. The van der Waals surface area contributed by atoms with Crippen molar-refractivity contribution < 1.29 is 4.74 Å². The Hall–Kier alpha value is -3.18. The highest BCUT2D eigenvalue weighted by Gasteiger charge is 2.31. The van der Waals surface area contributed by atoms with Crippen LogP contribution in [0, 0.1) is 5.92 Å².